The Labute approximate surface area is 183 Å². The second kappa shape index (κ2) is 8.33. The lowest BCUT2D eigenvalue weighted by Crippen LogP contribution is -2.60. The lowest BCUT2D eigenvalue weighted by atomic mass is 9.76. The Morgan fingerprint density at radius 1 is 1.13 bits per heavy atom. The first-order chi connectivity index (χ1) is 15.1. The number of benzene rings is 1. The van der Waals surface area contributed by atoms with Crippen molar-refractivity contribution in [3.05, 3.63) is 59.3 Å². The van der Waals surface area contributed by atoms with Crippen LogP contribution in [0.4, 0.5) is 5.82 Å². The molecule has 0 aliphatic carbocycles. The van der Waals surface area contributed by atoms with Gasteiger partial charge in [0.1, 0.15) is 5.82 Å². The number of fused-ring (bicyclic) bond motifs is 4. The SMILES string of the molecule is Cc1ccc(CNC(=O)c2ccc(N3CC4CC(C3)[C@H]3CCCC(=O)N3C4)nc2)cc1. The van der Waals surface area contributed by atoms with Crippen LogP contribution >= 0.6 is 0 Å². The van der Waals surface area contributed by atoms with Gasteiger partial charge in [-0.2, -0.15) is 0 Å². The molecule has 3 saturated heterocycles. The van der Waals surface area contributed by atoms with Gasteiger partial charge in [-0.05, 0) is 55.7 Å². The molecule has 2 amide bonds. The molecular formula is C25H30N4O2. The molecule has 1 aromatic carbocycles. The van der Waals surface area contributed by atoms with E-state index in [0.717, 1.165) is 43.9 Å². The molecule has 6 heteroatoms. The fourth-order valence-corrected chi connectivity index (χ4v) is 5.49. The van der Waals surface area contributed by atoms with Crippen molar-refractivity contribution in [1.29, 1.82) is 0 Å². The summed E-state index contributed by atoms with van der Waals surface area (Å²) in [5, 5.41) is 2.97. The first-order valence-corrected chi connectivity index (χ1v) is 11.4. The average Bonchev–Trinajstić information content (AvgIpc) is 2.79. The molecule has 162 valence electrons. The zero-order chi connectivity index (χ0) is 21.4. The van der Waals surface area contributed by atoms with Gasteiger partial charge in [0.15, 0.2) is 0 Å². The Kier molecular flexibility index (Phi) is 5.38. The van der Waals surface area contributed by atoms with E-state index in [-0.39, 0.29) is 5.91 Å². The molecule has 1 aromatic heterocycles. The summed E-state index contributed by atoms with van der Waals surface area (Å²) in [5.74, 6) is 2.21. The highest BCUT2D eigenvalue weighted by atomic mass is 16.2. The lowest BCUT2D eigenvalue weighted by Gasteiger charge is -2.52. The second-order valence-corrected chi connectivity index (χ2v) is 9.35. The van der Waals surface area contributed by atoms with E-state index in [1.54, 1.807) is 6.20 Å². The van der Waals surface area contributed by atoms with Gasteiger partial charge >= 0.3 is 0 Å². The van der Waals surface area contributed by atoms with E-state index < -0.39 is 0 Å². The Balaban J connectivity index is 1.21. The molecule has 3 atom stereocenters. The highest BCUT2D eigenvalue weighted by Gasteiger charge is 2.44. The number of amides is 2. The number of nitrogens with one attached hydrogen (secondary N) is 1. The largest absolute Gasteiger partial charge is 0.356 e. The minimum absolute atomic E-state index is 0.105. The summed E-state index contributed by atoms with van der Waals surface area (Å²) in [7, 11) is 0. The van der Waals surface area contributed by atoms with E-state index in [4.69, 9.17) is 0 Å². The van der Waals surface area contributed by atoms with Crippen molar-refractivity contribution in [2.75, 3.05) is 24.5 Å². The van der Waals surface area contributed by atoms with Crippen molar-refractivity contribution in [2.45, 2.75) is 45.2 Å². The number of hydrogen-bond acceptors (Lipinski definition) is 4. The molecular weight excluding hydrogens is 388 g/mol. The van der Waals surface area contributed by atoms with Gasteiger partial charge in [0.25, 0.3) is 5.91 Å². The number of hydrogen-bond donors (Lipinski definition) is 1. The zero-order valence-electron chi connectivity index (χ0n) is 18.1. The fraction of sp³-hybridized carbons (Fsp3) is 0.480. The van der Waals surface area contributed by atoms with Gasteiger partial charge in [-0.3, -0.25) is 9.59 Å². The lowest BCUT2D eigenvalue weighted by molar-refractivity contribution is -0.142. The van der Waals surface area contributed by atoms with Crippen LogP contribution in [0, 0.1) is 18.8 Å². The summed E-state index contributed by atoms with van der Waals surface area (Å²) in [6.45, 7) is 5.31. The summed E-state index contributed by atoms with van der Waals surface area (Å²) < 4.78 is 0. The van der Waals surface area contributed by atoms with E-state index in [1.165, 1.54) is 12.0 Å². The van der Waals surface area contributed by atoms with Crippen LogP contribution in [-0.2, 0) is 11.3 Å². The highest BCUT2D eigenvalue weighted by Crippen LogP contribution is 2.38. The number of carbonyl (C=O) groups is 2. The highest BCUT2D eigenvalue weighted by molar-refractivity contribution is 5.94. The summed E-state index contributed by atoms with van der Waals surface area (Å²) in [4.78, 5) is 34.0. The van der Waals surface area contributed by atoms with Crippen LogP contribution in [0.1, 0.15) is 47.2 Å². The van der Waals surface area contributed by atoms with E-state index in [1.807, 2.05) is 36.4 Å². The maximum atomic E-state index is 12.5. The molecule has 2 bridgehead atoms. The van der Waals surface area contributed by atoms with Gasteiger partial charge < -0.3 is 15.1 Å². The number of nitrogens with zero attached hydrogens (tertiary/aromatic N) is 3. The molecule has 2 aromatic rings. The molecule has 3 fully saturated rings. The van der Waals surface area contributed by atoms with Gasteiger partial charge in [0, 0.05) is 44.8 Å². The van der Waals surface area contributed by atoms with E-state index in [0.29, 0.717) is 42.3 Å². The standard InChI is InChI=1S/C25H30N4O2/c1-17-5-7-18(8-6-17)12-27-25(31)20-9-10-23(26-13-20)28-14-19-11-21(16-28)22-3-2-4-24(30)29(22)15-19/h5-10,13,19,21-22H,2-4,11-12,14-16H2,1H3,(H,27,31)/t19?,21?,22-/m1/s1. The molecule has 0 spiro atoms. The first kappa shape index (κ1) is 20.0. The van der Waals surface area contributed by atoms with Crippen LogP contribution in [-0.4, -0.2) is 47.4 Å². The number of carbonyl (C=O) groups excluding carboxylic acids is 2. The Morgan fingerprint density at radius 3 is 2.74 bits per heavy atom. The number of aryl methyl sites for hydroxylation is 1. The van der Waals surface area contributed by atoms with E-state index in [2.05, 4.69) is 27.0 Å². The topological polar surface area (TPSA) is 65.5 Å². The molecule has 3 aliphatic heterocycles. The molecule has 1 N–H and O–H groups in total. The average molecular weight is 419 g/mol. The zero-order valence-corrected chi connectivity index (χ0v) is 18.1. The maximum Gasteiger partial charge on any atom is 0.253 e. The number of anilines is 1. The predicted octanol–water partition coefficient (Wildman–Crippen LogP) is 3.16. The predicted molar refractivity (Wildman–Crippen MR) is 120 cm³/mol. The Morgan fingerprint density at radius 2 is 1.97 bits per heavy atom. The van der Waals surface area contributed by atoms with Gasteiger partial charge in [0.2, 0.25) is 5.91 Å². The summed E-state index contributed by atoms with van der Waals surface area (Å²) in [5.41, 5.74) is 2.87. The number of pyridine rings is 1. The van der Waals surface area contributed by atoms with Crippen molar-refractivity contribution < 1.29 is 9.59 Å². The molecule has 3 aliphatic rings. The van der Waals surface area contributed by atoms with Gasteiger partial charge in [-0.15, -0.1) is 0 Å². The number of piperidine rings is 3. The van der Waals surface area contributed by atoms with Crippen molar-refractivity contribution >= 4 is 17.6 Å². The monoisotopic (exact) mass is 418 g/mol. The smallest absolute Gasteiger partial charge is 0.253 e. The minimum atomic E-state index is -0.105. The van der Waals surface area contributed by atoms with Crippen LogP contribution in [0.15, 0.2) is 42.6 Å². The summed E-state index contributed by atoms with van der Waals surface area (Å²) >= 11 is 0. The van der Waals surface area contributed by atoms with E-state index in [9.17, 15) is 9.59 Å². The Bertz CT molecular complexity index is 956. The van der Waals surface area contributed by atoms with Crippen LogP contribution in [0.25, 0.3) is 0 Å². The summed E-state index contributed by atoms with van der Waals surface area (Å²) in [6.07, 6.45) is 5.76. The van der Waals surface area contributed by atoms with Crippen LogP contribution < -0.4 is 10.2 Å². The van der Waals surface area contributed by atoms with Gasteiger partial charge in [-0.1, -0.05) is 29.8 Å². The van der Waals surface area contributed by atoms with Crippen molar-refractivity contribution in [3.8, 4) is 0 Å². The third-order valence-corrected chi connectivity index (χ3v) is 7.09. The van der Waals surface area contributed by atoms with E-state index >= 15 is 0 Å². The van der Waals surface area contributed by atoms with Crippen molar-refractivity contribution in [3.63, 3.8) is 0 Å². The normalized spacial score (nSPS) is 25.2. The second-order valence-electron chi connectivity index (χ2n) is 9.35. The molecule has 5 rings (SSSR count). The van der Waals surface area contributed by atoms with Crippen LogP contribution in [0.5, 0.6) is 0 Å². The van der Waals surface area contributed by atoms with Crippen molar-refractivity contribution in [2.24, 2.45) is 11.8 Å². The molecule has 31 heavy (non-hydrogen) atoms. The molecule has 2 unspecified atom stereocenters. The molecule has 4 heterocycles. The van der Waals surface area contributed by atoms with Crippen molar-refractivity contribution in [1.82, 2.24) is 15.2 Å². The Hall–Kier alpha value is -2.89. The number of aromatic nitrogens is 1. The van der Waals surface area contributed by atoms with Crippen LogP contribution in [0.3, 0.4) is 0 Å². The molecule has 6 nitrogen and oxygen atoms in total. The van der Waals surface area contributed by atoms with Crippen LogP contribution in [0.2, 0.25) is 0 Å². The third-order valence-electron chi connectivity index (χ3n) is 7.09. The molecule has 0 radical (unpaired) electrons. The summed E-state index contributed by atoms with van der Waals surface area (Å²) in [6, 6.07) is 12.4. The van der Waals surface area contributed by atoms with Gasteiger partial charge in [0.05, 0.1) is 5.56 Å². The maximum absolute atomic E-state index is 12.5. The minimum Gasteiger partial charge on any atom is -0.356 e. The van der Waals surface area contributed by atoms with Gasteiger partial charge in [-0.25, -0.2) is 4.98 Å². The molecule has 0 saturated carbocycles. The third kappa shape index (κ3) is 4.16. The fourth-order valence-electron chi connectivity index (χ4n) is 5.49. The first-order valence-electron chi connectivity index (χ1n) is 11.4. The number of rotatable bonds is 4. The quantitative estimate of drug-likeness (QED) is 0.828.